The quantitative estimate of drug-likeness (QED) is 0.738. The number of methoxy groups -OCH3 is 1. The second-order valence-corrected chi connectivity index (χ2v) is 5.26. The molecule has 4 N–H and O–H groups in total. The fourth-order valence-electron chi connectivity index (χ4n) is 2.58. The third-order valence-corrected chi connectivity index (χ3v) is 3.81. The first-order valence-electron chi connectivity index (χ1n) is 7.24. The molecule has 0 unspecified atom stereocenters. The van der Waals surface area contributed by atoms with Gasteiger partial charge in [0.2, 0.25) is 0 Å². The van der Waals surface area contributed by atoms with Crippen LogP contribution in [0.2, 0.25) is 0 Å². The molecular formula is C15H23N3O3. The fraction of sp³-hybridized carbons (Fsp3) is 0.533. The molecule has 0 aromatic heterocycles. The van der Waals surface area contributed by atoms with E-state index < -0.39 is 0 Å². The Morgan fingerprint density at radius 2 is 2.19 bits per heavy atom. The molecule has 21 heavy (non-hydrogen) atoms. The van der Waals surface area contributed by atoms with Crippen molar-refractivity contribution in [2.24, 2.45) is 5.73 Å². The maximum Gasteiger partial charge on any atom is 0.251 e. The van der Waals surface area contributed by atoms with Crippen LogP contribution in [-0.4, -0.2) is 55.2 Å². The lowest BCUT2D eigenvalue weighted by Gasteiger charge is -2.32. The van der Waals surface area contributed by atoms with Crippen LogP contribution in [0.25, 0.3) is 0 Å². The highest BCUT2D eigenvalue weighted by atomic mass is 16.5. The second-order valence-electron chi connectivity index (χ2n) is 5.26. The molecule has 1 fully saturated rings. The van der Waals surface area contributed by atoms with Crippen LogP contribution in [-0.2, 0) is 0 Å². The van der Waals surface area contributed by atoms with Gasteiger partial charge < -0.3 is 25.8 Å². The van der Waals surface area contributed by atoms with E-state index in [0.29, 0.717) is 17.9 Å². The first-order valence-corrected chi connectivity index (χ1v) is 7.24. The lowest BCUT2D eigenvalue weighted by atomic mass is 10.0. The molecule has 6 nitrogen and oxygen atoms in total. The number of hydrogen-bond acceptors (Lipinski definition) is 5. The number of rotatable bonds is 5. The van der Waals surface area contributed by atoms with E-state index in [1.807, 2.05) is 0 Å². The van der Waals surface area contributed by atoms with Gasteiger partial charge in [-0.1, -0.05) is 0 Å². The van der Waals surface area contributed by atoms with Gasteiger partial charge in [0, 0.05) is 37.8 Å². The van der Waals surface area contributed by atoms with Crippen molar-refractivity contribution < 1.29 is 14.6 Å². The average molecular weight is 293 g/mol. The third kappa shape index (κ3) is 4.09. The molecule has 0 radical (unpaired) electrons. The summed E-state index contributed by atoms with van der Waals surface area (Å²) in [6.45, 7) is 3.49. The van der Waals surface area contributed by atoms with E-state index in [2.05, 4.69) is 10.2 Å². The molecule has 0 saturated carbocycles. The van der Waals surface area contributed by atoms with E-state index in [9.17, 15) is 9.90 Å². The van der Waals surface area contributed by atoms with Crippen LogP contribution in [0.15, 0.2) is 18.2 Å². The summed E-state index contributed by atoms with van der Waals surface area (Å²) in [7, 11) is 1.48. The van der Waals surface area contributed by atoms with Crippen molar-refractivity contribution in [3.05, 3.63) is 23.8 Å². The van der Waals surface area contributed by atoms with E-state index in [-0.39, 0.29) is 17.7 Å². The number of phenolic OH excluding ortho intramolecular Hbond substituents is 1. The van der Waals surface area contributed by atoms with Crippen LogP contribution in [0.4, 0.5) is 0 Å². The van der Waals surface area contributed by atoms with Crippen molar-refractivity contribution in [3.8, 4) is 11.5 Å². The molecule has 0 aliphatic carbocycles. The van der Waals surface area contributed by atoms with Gasteiger partial charge in [-0.15, -0.1) is 0 Å². The van der Waals surface area contributed by atoms with Gasteiger partial charge in [0.1, 0.15) is 0 Å². The van der Waals surface area contributed by atoms with E-state index in [1.165, 1.54) is 13.2 Å². The first-order chi connectivity index (χ1) is 10.1. The third-order valence-electron chi connectivity index (χ3n) is 3.81. The zero-order valence-corrected chi connectivity index (χ0v) is 12.3. The SMILES string of the molecule is COc1ccc(C(=O)NC2CCN(CCN)CC2)cc1O. The summed E-state index contributed by atoms with van der Waals surface area (Å²) >= 11 is 0. The molecule has 2 rings (SSSR count). The van der Waals surface area contributed by atoms with Gasteiger partial charge >= 0.3 is 0 Å². The van der Waals surface area contributed by atoms with Crippen LogP contribution in [0, 0.1) is 0 Å². The lowest BCUT2D eigenvalue weighted by molar-refractivity contribution is 0.0911. The van der Waals surface area contributed by atoms with Gasteiger partial charge in [0.05, 0.1) is 7.11 Å². The number of ether oxygens (including phenoxy) is 1. The molecule has 1 amide bonds. The fourth-order valence-corrected chi connectivity index (χ4v) is 2.58. The number of piperidine rings is 1. The summed E-state index contributed by atoms with van der Waals surface area (Å²) in [4.78, 5) is 14.5. The summed E-state index contributed by atoms with van der Waals surface area (Å²) in [6.07, 6.45) is 1.85. The number of hydrogen-bond donors (Lipinski definition) is 3. The highest BCUT2D eigenvalue weighted by molar-refractivity contribution is 5.95. The van der Waals surface area contributed by atoms with Crippen molar-refractivity contribution in [1.82, 2.24) is 10.2 Å². The Balaban J connectivity index is 1.89. The molecular weight excluding hydrogens is 270 g/mol. The zero-order chi connectivity index (χ0) is 15.2. The van der Waals surface area contributed by atoms with Gasteiger partial charge in [0.25, 0.3) is 5.91 Å². The van der Waals surface area contributed by atoms with Gasteiger partial charge in [-0.05, 0) is 31.0 Å². The Labute approximate surface area is 124 Å². The van der Waals surface area contributed by atoms with Gasteiger partial charge in [-0.3, -0.25) is 4.79 Å². The second kappa shape index (κ2) is 7.28. The Bertz CT molecular complexity index is 485. The summed E-state index contributed by atoms with van der Waals surface area (Å²) in [5, 5.41) is 12.7. The summed E-state index contributed by atoms with van der Waals surface area (Å²) in [6, 6.07) is 4.85. The molecule has 0 atom stereocenters. The Kier molecular flexibility index (Phi) is 5.41. The van der Waals surface area contributed by atoms with Gasteiger partial charge in [-0.25, -0.2) is 0 Å². The molecule has 0 bridgehead atoms. The summed E-state index contributed by atoms with van der Waals surface area (Å²) in [5.41, 5.74) is 5.99. The average Bonchev–Trinajstić information content (AvgIpc) is 2.49. The molecule has 1 aliphatic rings. The van der Waals surface area contributed by atoms with Gasteiger partial charge in [0.15, 0.2) is 11.5 Å². The molecule has 1 aromatic rings. The van der Waals surface area contributed by atoms with Crippen molar-refractivity contribution in [1.29, 1.82) is 0 Å². The Morgan fingerprint density at radius 1 is 1.48 bits per heavy atom. The number of nitrogens with two attached hydrogens (primary N) is 1. The number of benzene rings is 1. The highest BCUT2D eigenvalue weighted by Gasteiger charge is 2.21. The summed E-state index contributed by atoms with van der Waals surface area (Å²) < 4.78 is 4.97. The van der Waals surface area contributed by atoms with E-state index in [0.717, 1.165) is 32.5 Å². The zero-order valence-electron chi connectivity index (χ0n) is 12.3. The molecule has 1 heterocycles. The van der Waals surface area contributed by atoms with Crippen molar-refractivity contribution in [2.45, 2.75) is 18.9 Å². The largest absolute Gasteiger partial charge is 0.504 e. The minimum absolute atomic E-state index is 0.0251. The van der Waals surface area contributed by atoms with Crippen LogP contribution in [0.5, 0.6) is 11.5 Å². The molecule has 1 aliphatic heterocycles. The van der Waals surface area contributed by atoms with E-state index in [4.69, 9.17) is 10.5 Å². The lowest BCUT2D eigenvalue weighted by Crippen LogP contribution is -2.45. The number of carbonyl (C=O) groups is 1. The molecule has 1 aromatic carbocycles. The molecule has 116 valence electrons. The Hall–Kier alpha value is -1.79. The minimum atomic E-state index is -0.162. The number of nitrogens with one attached hydrogen (secondary N) is 1. The van der Waals surface area contributed by atoms with Crippen LogP contribution >= 0.6 is 0 Å². The predicted octanol–water partition coefficient (Wildman–Crippen LogP) is 0.554. The normalized spacial score (nSPS) is 16.7. The van der Waals surface area contributed by atoms with Crippen LogP contribution in [0.3, 0.4) is 0 Å². The number of nitrogens with zero attached hydrogens (tertiary/aromatic N) is 1. The number of phenols is 1. The van der Waals surface area contributed by atoms with E-state index in [1.54, 1.807) is 12.1 Å². The number of carbonyl (C=O) groups excluding carboxylic acids is 1. The van der Waals surface area contributed by atoms with E-state index >= 15 is 0 Å². The topological polar surface area (TPSA) is 87.8 Å². The van der Waals surface area contributed by atoms with Crippen LogP contribution in [0.1, 0.15) is 23.2 Å². The van der Waals surface area contributed by atoms with Gasteiger partial charge in [-0.2, -0.15) is 0 Å². The smallest absolute Gasteiger partial charge is 0.251 e. The number of amides is 1. The van der Waals surface area contributed by atoms with Crippen molar-refractivity contribution in [3.63, 3.8) is 0 Å². The maximum absolute atomic E-state index is 12.2. The minimum Gasteiger partial charge on any atom is -0.504 e. The van der Waals surface area contributed by atoms with Crippen LogP contribution < -0.4 is 15.8 Å². The van der Waals surface area contributed by atoms with Crippen molar-refractivity contribution in [2.75, 3.05) is 33.3 Å². The monoisotopic (exact) mass is 293 g/mol. The molecule has 0 spiro atoms. The highest BCUT2D eigenvalue weighted by Crippen LogP contribution is 2.26. The summed E-state index contributed by atoms with van der Waals surface area (Å²) in [5.74, 6) is 0.176. The Morgan fingerprint density at radius 3 is 2.76 bits per heavy atom. The molecule has 6 heteroatoms. The standard InChI is InChI=1S/C15H23N3O3/c1-21-14-3-2-11(10-13(14)19)15(20)17-12-4-7-18(8-5-12)9-6-16/h2-3,10,12,19H,4-9,16H2,1H3,(H,17,20). The molecule has 1 saturated heterocycles. The van der Waals surface area contributed by atoms with Crippen molar-refractivity contribution >= 4 is 5.91 Å². The maximum atomic E-state index is 12.2. The number of aromatic hydroxyl groups is 1. The first kappa shape index (κ1) is 15.6. The predicted molar refractivity (Wildman–Crippen MR) is 80.6 cm³/mol. The number of likely N-dealkylation sites (tertiary alicyclic amines) is 1.